The van der Waals surface area contributed by atoms with Crippen molar-refractivity contribution in [2.45, 2.75) is 44.2 Å². The van der Waals surface area contributed by atoms with E-state index in [0.29, 0.717) is 41.4 Å². The summed E-state index contributed by atoms with van der Waals surface area (Å²) in [6.07, 6.45) is 0.165. The molecule has 1 fully saturated rings. The van der Waals surface area contributed by atoms with Gasteiger partial charge in [0, 0.05) is 36.6 Å². The van der Waals surface area contributed by atoms with Crippen LogP contribution in [0.25, 0.3) is 0 Å². The van der Waals surface area contributed by atoms with Gasteiger partial charge in [-0.05, 0) is 49.9 Å². The molecule has 0 aromatic heterocycles. The van der Waals surface area contributed by atoms with Crippen LogP contribution in [0.3, 0.4) is 0 Å². The molecular weight excluding hydrogens is 466 g/mol. The lowest BCUT2D eigenvalue weighted by Gasteiger charge is -2.31. The van der Waals surface area contributed by atoms with Gasteiger partial charge in [0.2, 0.25) is 15.9 Å². The molecule has 1 atom stereocenters. The van der Waals surface area contributed by atoms with Crippen LogP contribution in [0.15, 0.2) is 41.3 Å². The van der Waals surface area contributed by atoms with Crippen LogP contribution in [-0.2, 0) is 26.2 Å². The molecule has 176 valence electrons. The molecule has 4 rings (SSSR count). The van der Waals surface area contributed by atoms with E-state index in [2.05, 4.69) is 10.6 Å². The van der Waals surface area contributed by atoms with E-state index in [0.717, 1.165) is 5.56 Å². The summed E-state index contributed by atoms with van der Waals surface area (Å²) in [6.45, 7) is 4.12. The number of aryl methyl sites for hydroxylation is 1. The van der Waals surface area contributed by atoms with Crippen molar-refractivity contribution in [1.29, 1.82) is 0 Å². The molecule has 0 spiro atoms. The second-order valence-corrected chi connectivity index (χ2v) is 10.7. The highest BCUT2D eigenvalue weighted by Gasteiger charge is 2.34. The van der Waals surface area contributed by atoms with Crippen molar-refractivity contribution >= 4 is 39.1 Å². The van der Waals surface area contributed by atoms with Gasteiger partial charge >= 0.3 is 0 Å². The summed E-state index contributed by atoms with van der Waals surface area (Å²) in [4.78, 5) is 24.6. The third-order valence-electron chi connectivity index (χ3n) is 6.06. The maximum atomic E-state index is 13.3. The normalized spacial score (nSPS) is 19.4. The van der Waals surface area contributed by atoms with Gasteiger partial charge in [0.05, 0.1) is 10.6 Å². The number of rotatable bonds is 5. The van der Waals surface area contributed by atoms with Gasteiger partial charge in [-0.3, -0.25) is 9.59 Å². The fourth-order valence-electron chi connectivity index (χ4n) is 4.09. The fraction of sp³-hybridized carbons (Fsp3) is 0.391. The van der Waals surface area contributed by atoms with Crippen LogP contribution in [0, 0.1) is 12.8 Å². The number of carbonyl (C=O) groups excluding carboxylic acids is 2. The molecule has 2 heterocycles. The molecule has 0 aliphatic carbocycles. The summed E-state index contributed by atoms with van der Waals surface area (Å²) in [5.41, 5.74) is 1.82. The molecule has 2 aliphatic rings. The monoisotopic (exact) mass is 491 g/mol. The largest absolute Gasteiger partial charge is 0.479 e. The Morgan fingerprint density at radius 2 is 1.94 bits per heavy atom. The van der Waals surface area contributed by atoms with Crippen LogP contribution < -0.4 is 15.4 Å². The number of ether oxygens (including phenoxy) is 1. The van der Waals surface area contributed by atoms with Gasteiger partial charge in [-0.2, -0.15) is 4.31 Å². The summed E-state index contributed by atoms with van der Waals surface area (Å²) in [6, 6.07) is 10.4. The predicted molar refractivity (Wildman–Crippen MR) is 125 cm³/mol. The molecule has 0 radical (unpaired) electrons. The first kappa shape index (κ1) is 23.5. The van der Waals surface area contributed by atoms with E-state index in [4.69, 9.17) is 16.3 Å². The highest BCUT2D eigenvalue weighted by atomic mass is 35.5. The Kier molecular flexibility index (Phi) is 6.65. The number of benzene rings is 2. The Hall–Kier alpha value is -2.62. The molecule has 2 aromatic carbocycles. The van der Waals surface area contributed by atoms with E-state index in [-0.39, 0.29) is 35.7 Å². The zero-order valence-electron chi connectivity index (χ0n) is 18.4. The zero-order chi connectivity index (χ0) is 23.8. The number of sulfonamides is 1. The lowest BCUT2D eigenvalue weighted by atomic mass is 9.97. The molecule has 2 aromatic rings. The topological polar surface area (TPSA) is 105 Å². The Morgan fingerprint density at radius 1 is 1.24 bits per heavy atom. The van der Waals surface area contributed by atoms with Crippen LogP contribution in [-0.4, -0.2) is 43.7 Å². The number of halogens is 1. The Balaban J connectivity index is 1.41. The SMILES string of the molecule is Cc1cc2c(cc1S(=O)(=O)N1CCC(C(=O)NCc3ccccc3Cl)CC1)O[C@H](C)C(=O)N2. The molecule has 2 aliphatic heterocycles. The average Bonchev–Trinajstić information content (AvgIpc) is 2.79. The van der Waals surface area contributed by atoms with E-state index in [1.54, 1.807) is 26.0 Å². The third kappa shape index (κ3) is 4.85. The van der Waals surface area contributed by atoms with Crippen LogP contribution in [0.5, 0.6) is 5.75 Å². The number of hydrogen-bond donors (Lipinski definition) is 2. The number of nitrogens with zero attached hydrogens (tertiary/aromatic N) is 1. The van der Waals surface area contributed by atoms with Gasteiger partial charge in [-0.25, -0.2) is 8.42 Å². The minimum absolute atomic E-state index is 0.102. The standard InChI is InChI=1S/C23H26ClN3O5S/c1-14-11-19-20(32-15(2)22(28)26-19)12-21(14)33(30,31)27-9-7-16(8-10-27)23(29)25-13-17-5-3-4-6-18(17)24/h3-6,11-12,15-16H,7-10,13H2,1-2H3,(H,25,29)(H,26,28)/t15-/m1/s1. The van der Waals surface area contributed by atoms with E-state index in [1.807, 2.05) is 18.2 Å². The van der Waals surface area contributed by atoms with Crippen molar-refractivity contribution in [3.8, 4) is 5.75 Å². The van der Waals surface area contributed by atoms with Gasteiger partial charge < -0.3 is 15.4 Å². The summed E-state index contributed by atoms with van der Waals surface area (Å²) in [5.74, 6) is -0.300. The number of piperidine rings is 1. The van der Waals surface area contributed by atoms with Crippen molar-refractivity contribution in [3.05, 3.63) is 52.5 Å². The van der Waals surface area contributed by atoms with Gasteiger partial charge in [0.15, 0.2) is 6.10 Å². The maximum Gasteiger partial charge on any atom is 0.265 e. The lowest BCUT2D eigenvalue weighted by Crippen LogP contribution is -2.43. The number of anilines is 1. The molecule has 0 bridgehead atoms. The van der Waals surface area contributed by atoms with E-state index >= 15 is 0 Å². The molecule has 1 saturated heterocycles. The van der Waals surface area contributed by atoms with E-state index in [9.17, 15) is 18.0 Å². The molecule has 33 heavy (non-hydrogen) atoms. The number of nitrogens with one attached hydrogen (secondary N) is 2. The fourth-order valence-corrected chi connectivity index (χ4v) is 5.98. The van der Waals surface area contributed by atoms with E-state index in [1.165, 1.54) is 10.4 Å². The van der Waals surface area contributed by atoms with Crippen LogP contribution in [0.2, 0.25) is 5.02 Å². The summed E-state index contributed by atoms with van der Waals surface area (Å²) < 4.78 is 33.7. The summed E-state index contributed by atoms with van der Waals surface area (Å²) in [7, 11) is -3.78. The first-order chi connectivity index (χ1) is 15.7. The smallest absolute Gasteiger partial charge is 0.265 e. The van der Waals surface area contributed by atoms with Gasteiger partial charge in [0.1, 0.15) is 5.75 Å². The number of carbonyl (C=O) groups is 2. The quantitative estimate of drug-likeness (QED) is 0.668. The van der Waals surface area contributed by atoms with Crippen LogP contribution >= 0.6 is 11.6 Å². The first-order valence-electron chi connectivity index (χ1n) is 10.8. The molecule has 8 nitrogen and oxygen atoms in total. The Labute approximate surface area is 198 Å². The lowest BCUT2D eigenvalue weighted by molar-refractivity contribution is -0.126. The Bertz CT molecular complexity index is 1190. The van der Waals surface area contributed by atoms with Crippen molar-refractivity contribution in [3.63, 3.8) is 0 Å². The van der Waals surface area contributed by atoms with Crippen molar-refractivity contribution in [2.24, 2.45) is 5.92 Å². The summed E-state index contributed by atoms with van der Waals surface area (Å²) >= 11 is 6.14. The predicted octanol–water partition coefficient (Wildman–Crippen LogP) is 3.08. The second-order valence-electron chi connectivity index (χ2n) is 8.35. The molecule has 2 N–H and O–H groups in total. The van der Waals surface area contributed by atoms with Crippen molar-refractivity contribution in [2.75, 3.05) is 18.4 Å². The third-order valence-corrected chi connectivity index (χ3v) is 8.47. The summed E-state index contributed by atoms with van der Waals surface area (Å²) in [5, 5.41) is 6.23. The second kappa shape index (κ2) is 9.32. The molecule has 0 unspecified atom stereocenters. The number of hydrogen-bond acceptors (Lipinski definition) is 5. The molecular formula is C23H26ClN3O5S. The minimum atomic E-state index is -3.78. The van der Waals surface area contributed by atoms with Gasteiger partial charge in [0.25, 0.3) is 5.91 Å². The molecule has 2 amide bonds. The molecule has 10 heteroatoms. The average molecular weight is 492 g/mol. The van der Waals surface area contributed by atoms with Gasteiger partial charge in [-0.15, -0.1) is 0 Å². The van der Waals surface area contributed by atoms with Crippen molar-refractivity contribution < 1.29 is 22.7 Å². The van der Waals surface area contributed by atoms with E-state index < -0.39 is 16.1 Å². The highest BCUT2D eigenvalue weighted by Crippen LogP contribution is 2.36. The molecule has 0 saturated carbocycles. The van der Waals surface area contributed by atoms with Crippen LogP contribution in [0.4, 0.5) is 5.69 Å². The number of amides is 2. The van der Waals surface area contributed by atoms with Gasteiger partial charge in [-0.1, -0.05) is 29.8 Å². The first-order valence-corrected chi connectivity index (χ1v) is 12.6. The zero-order valence-corrected chi connectivity index (χ0v) is 20.0. The number of fused-ring (bicyclic) bond motifs is 1. The minimum Gasteiger partial charge on any atom is -0.479 e. The highest BCUT2D eigenvalue weighted by molar-refractivity contribution is 7.89. The Morgan fingerprint density at radius 3 is 2.64 bits per heavy atom. The van der Waals surface area contributed by atoms with Crippen LogP contribution in [0.1, 0.15) is 30.9 Å². The maximum absolute atomic E-state index is 13.3. The van der Waals surface area contributed by atoms with Crippen molar-refractivity contribution in [1.82, 2.24) is 9.62 Å².